The van der Waals surface area contributed by atoms with Crippen LogP contribution in [0, 0.1) is 10.1 Å². The van der Waals surface area contributed by atoms with Crippen molar-refractivity contribution in [3.8, 4) is 5.82 Å². The highest BCUT2D eigenvalue weighted by atomic mass is 16.6. The van der Waals surface area contributed by atoms with Crippen LogP contribution in [0.1, 0.15) is 26.5 Å². The molecule has 0 atom stereocenters. The minimum atomic E-state index is -0.435. The topological polar surface area (TPSA) is 108 Å². The second kappa shape index (κ2) is 7.67. The van der Waals surface area contributed by atoms with E-state index in [4.69, 9.17) is 0 Å². The molecule has 31 heavy (non-hydrogen) atoms. The van der Waals surface area contributed by atoms with Crippen LogP contribution in [0.4, 0.5) is 11.5 Å². The number of non-ortho nitro benzene ring substituents is 1. The lowest BCUT2D eigenvalue weighted by Gasteiger charge is -2.13. The molecule has 1 amide bonds. The zero-order valence-corrected chi connectivity index (χ0v) is 17.4. The Morgan fingerprint density at radius 2 is 1.97 bits per heavy atom. The third-order valence-corrected chi connectivity index (χ3v) is 4.89. The molecule has 0 aliphatic carbocycles. The second-order valence-corrected chi connectivity index (χ2v) is 8.26. The number of hydrogen-bond donors (Lipinski definition) is 1. The molecule has 0 aliphatic heterocycles. The van der Waals surface area contributed by atoms with Crippen molar-refractivity contribution in [1.82, 2.24) is 19.3 Å². The number of amides is 1. The summed E-state index contributed by atoms with van der Waals surface area (Å²) >= 11 is 0. The molecule has 0 fully saturated rings. The largest absolute Gasteiger partial charge is 0.338 e. The third kappa shape index (κ3) is 4.16. The number of benzene rings is 1. The van der Waals surface area contributed by atoms with Crippen molar-refractivity contribution in [3.05, 3.63) is 76.7 Å². The molecule has 0 aliphatic rings. The first-order chi connectivity index (χ1) is 14.7. The van der Waals surface area contributed by atoms with E-state index in [1.165, 1.54) is 12.1 Å². The molecule has 3 aromatic heterocycles. The van der Waals surface area contributed by atoms with E-state index in [1.807, 2.05) is 24.3 Å². The summed E-state index contributed by atoms with van der Waals surface area (Å²) in [4.78, 5) is 27.7. The lowest BCUT2D eigenvalue weighted by molar-refractivity contribution is -0.384. The molecular formula is C22H22N6O3. The first-order valence-corrected chi connectivity index (χ1v) is 9.77. The van der Waals surface area contributed by atoms with Crippen LogP contribution >= 0.6 is 0 Å². The number of nitro groups is 1. The zero-order chi connectivity index (χ0) is 22.2. The van der Waals surface area contributed by atoms with Crippen LogP contribution in [0.25, 0.3) is 16.7 Å². The molecule has 3 heterocycles. The minimum absolute atomic E-state index is 0.0173. The highest BCUT2D eigenvalue weighted by Crippen LogP contribution is 2.26. The van der Waals surface area contributed by atoms with Crippen LogP contribution in [-0.2, 0) is 16.8 Å². The normalized spacial score (nSPS) is 11.6. The van der Waals surface area contributed by atoms with Gasteiger partial charge in [0.2, 0.25) is 5.91 Å². The Labute approximate surface area is 178 Å². The average Bonchev–Trinajstić information content (AvgIpc) is 3.32. The van der Waals surface area contributed by atoms with Gasteiger partial charge in [-0.3, -0.25) is 14.9 Å². The fourth-order valence-electron chi connectivity index (χ4n) is 3.27. The molecule has 0 saturated carbocycles. The van der Waals surface area contributed by atoms with Crippen LogP contribution in [0.5, 0.6) is 0 Å². The Morgan fingerprint density at radius 1 is 1.16 bits per heavy atom. The average molecular weight is 418 g/mol. The van der Waals surface area contributed by atoms with Gasteiger partial charge < -0.3 is 9.88 Å². The number of nitrogens with zero attached hydrogens (tertiary/aromatic N) is 5. The summed E-state index contributed by atoms with van der Waals surface area (Å²) in [5, 5.41) is 19.3. The number of fused-ring (bicyclic) bond motifs is 1. The number of carbonyl (C=O) groups excluding carboxylic acids is 1. The Morgan fingerprint density at radius 3 is 2.65 bits per heavy atom. The first kappa shape index (κ1) is 20.3. The van der Waals surface area contributed by atoms with E-state index < -0.39 is 4.92 Å². The summed E-state index contributed by atoms with van der Waals surface area (Å²) in [5.41, 5.74) is 1.38. The van der Waals surface area contributed by atoms with E-state index >= 15 is 0 Å². The van der Waals surface area contributed by atoms with Crippen molar-refractivity contribution in [2.24, 2.45) is 0 Å². The summed E-state index contributed by atoms with van der Waals surface area (Å²) in [6.45, 7) is 6.21. The summed E-state index contributed by atoms with van der Waals surface area (Å²) < 4.78 is 3.37. The van der Waals surface area contributed by atoms with Gasteiger partial charge in [0.1, 0.15) is 12.4 Å². The third-order valence-electron chi connectivity index (χ3n) is 4.89. The van der Waals surface area contributed by atoms with Crippen molar-refractivity contribution >= 4 is 28.3 Å². The highest BCUT2D eigenvalue weighted by Gasteiger charge is 2.22. The predicted molar refractivity (Wildman–Crippen MR) is 117 cm³/mol. The van der Waals surface area contributed by atoms with Crippen LogP contribution < -0.4 is 5.32 Å². The summed E-state index contributed by atoms with van der Waals surface area (Å²) in [6, 6.07) is 13.7. The number of pyridine rings is 1. The van der Waals surface area contributed by atoms with Gasteiger partial charge in [-0.15, -0.1) is 0 Å². The van der Waals surface area contributed by atoms with E-state index in [1.54, 1.807) is 33.8 Å². The van der Waals surface area contributed by atoms with Crippen LogP contribution in [0.15, 0.2) is 60.9 Å². The maximum absolute atomic E-state index is 12.8. The van der Waals surface area contributed by atoms with E-state index in [9.17, 15) is 14.9 Å². The van der Waals surface area contributed by atoms with Crippen molar-refractivity contribution < 1.29 is 9.72 Å². The van der Waals surface area contributed by atoms with Gasteiger partial charge in [-0.25, -0.2) is 4.98 Å². The Bertz CT molecular complexity index is 1270. The first-order valence-electron chi connectivity index (χ1n) is 9.77. The summed E-state index contributed by atoms with van der Waals surface area (Å²) in [6.07, 6.45) is 3.41. The molecule has 158 valence electrons. The van der Waals surface area contributed by atoms with Crippen molar-refractivity contribution in [2.75, 3.05) is 5.32 Å². The number of aromatic nitrogens is 4. The standard InChI is InChI=1S/C22H22N6O3/c1-22(2,3)18-13-20(27(25-18)19-6-4-5-10-23-19)24-21(29)14-26-11-9-15-12-16(28(30)31)7-8-17(15)26/h4-13H,14H2,1-3H3,(H,24,29). The molecular weight excluding hydrogens is 396 g/mol. The number of hydrogen-bond acceptors (Lipinski definition) is 5. The lowest BCUT2D eigenvalue weighted by Crippen LogP contribution is -2.20. The molecule has 0 unspecified atom stereocenters. The predicted octanol–water partition coefficient (Wildman–Crippen LogP) is 4.07. The number of carbonyl (C=O) groups is 1. The maximum atomic E-state index is 12.8. The maximum Gasteiger partial charge on any atom is 0.270 e. The monoisotopic (exact) mass is 418 g/mol. The molecule has 0 radical (unpaired) electrons. The molecule has 0 bridgehead atoms. The molecule has 4 aromatic rings. The molecule has 4 rings (SSSR count). The minimum Gasteiger partial charge on any atom is -0.338 e. The summed E-state index contributed by atoms with van der Waals surface area (Å²) in [7, 11) is 0. The SMILES string of the molecule is CC(C)(C)c1cc(NC(=O)Cn2ccc3cc([N+](=O)[O-])ccc32)n(-c2ccccn2)n1. The number of rotatable bonds is 5. The molecule has 0 spiro atoms. The van der Waals surface area contributed by atoms with Gasteiger partial charge in [0.25, 0.3) is 5.69 Å². The Kier molecular flexibility index (Phi) is 5.02. The number of nitro benzene ring substituents is 1. The molecule has 1 N–H and O–H groups in total. The van der Waals surface area contributed by atoms with E-state index in [-0.39, 0.29) is 23.6 Å². The van der Waals surface area contributed by atoms with Gasteiger partial charge in [0.15, 0.2) is 5.82 Å². The smallest absolute Gasteiger partial charge is 0.270 e. The number of nitrogens with one attached hydrogen (secondary N) is 1. The van der Waals surface area contributed by atoms with Crippen molar-refractivity contribution in [1.29, 1.82) is 0 Å². The van der Waals surface area contributed by atoms with Gasteiger partial charge in [-0.1, -0.05) is 26.8 Å². The fraction of sp³-hybridized carbons (Fsp3) is 0.227. The molecule has 1 aromatic carbocycles. The fourth-order valence-corrected chi connectivity index (χ4v) is 3.27. The highest BCUT2D eigenvalue weighted by molar-refractivity contribution is 5.92. The van der Waals surface area contributed by atoms with Gasteiger partial charge >= 0.3 is 0 Å². The van der Waals surface area contributed by atoms with Gasteiger partial charge in [0.05, 0.1) is 10.6 Å². The quantitative estimate of drug-likeness (QED) is 0.388. The Hall–Kier alpha value is -4.01. The molecule has 9 nitrogen and oxygen atoms in total. The van der Waals surface area contributed by atoms with E-state index in [2.05, 4.69) is 36.2 Å². The second-order valence-electron chi connectivity index (χ2n) is 8.26. The zero-order valence-electron chi connectivity index (χ0n) is 17.4. The Balaban J connectivity index is 1.61. The van der Waals surface area contributed by atoms with Crippen molar-refractivity contribution in [3.63, 3.8) is 0 Å². The van der Waals surface area contributed by atoms with Crippen LogP contribution in [0.3, 0.4) is 0 Å². The summed E-state index contributed by atoms with van der Waals surface area (Å²) in [5.74, 6) is 0.890. The molecule has 0 saturated heterocycles. The van der Waals surface area contributed by atoms with Crippen molar-refractivity contribution in [2.45, 2.75) is 32.7 Å². The van der Waals surface area contributed by atoms with Crippen LogP contribution in [0.2, 0.25) is 0 Å². The lowest BCUT2D eigenvalue weighted by atomic mass is 9.92. The number of anilines is 1. The van der Waals surface area contributed by atoms with Crippen LogP contribution in [-0.4, -0.2) is 30.2 Å². The molecule has 9 heteroatoms. The van der Waals surface area contributed by atoms with Gasteiger partial charge in [-0.2, -0.15) is 9.78 Å². The van der Waals surface area contributed by atoms with E-state index in [0.29, 0.717) is 17.0 Å². The van der Waals surface area contributed by atoms with E-state index in [0.717, 1.165) is 11.2 Å². The van der Waals surface area contributed by atoms with Gasteiger partial charge in [-0.05, 0) is 24.3 Å². The van der Waals surface area contributed by atoms with Gasteiger partial charge in [0, 0.05) is 46.9 Å².